The molecule has 8 heteroatoms. The van der Waals surface area contributed by atoms with Gasteiger partial charge in [-0.15, -0.1) is 0 Å². The number of carbonyl (C=O) groups excluding carboxylic acids is 4. The van der Waals surface area contributed by atoms with Crippen LogP contribution in [-0.4, -0.2) is 23.6 Å². The largest absolute Gasteiger partial charge is 0.274 e. The molecule has 0 radical (unpaired) electrons. The Hall–Kier alpha value is -2.96. The SMILES string of the molecule is CC1=C[C@@H]([C@@H]2CC(=O)N(c3ccc(Cl)cc3)C2=O)C[C@H]2C(=O)N(c3ccc(Cl)cc3)C(=O)[C@H]12. The molecule has 4 amide bonds. The summed E-state index contributed by atoms with van der Waals surface area (Å²) in [6.45, 7) is 1.82. The van der Waals surface area contributed by atoms with E-state index in [1.165, 1.54) is 9.80 Å². The Balaban J connectivity index is 1.41. The Bertz CT molecular complexity index is 1210. The van der Waals surface area contributed by atoms with Crippen molar-refractivity contribution in [1.82, 2.24) is 0 Å². The van der Waals surface area contributed by atoms with Crippen molar-refractivity contribution in [3.8, 4) is 0 Å². The van der Waals surface area contributed by atoms with E-state index in [9.17, 15) is 19.2 Å². The molecular formula is C25H20Cl2N2O4. The van der Waals surface area contributed by atoms with Crippen molar-refractivity contribution in [2.75, 3.05) is 9.80 Å². The van der Waals surface area contributed by atoms with E-state index < -0.39 is 17.8 Å². The van der Waals surface area contributed by atoms with Crippen LogP contribution in [0.25, 0.3) is 0 Å². The molecule has 2 fully saturated rings. The van der Waals surface area contributed by atoms with Crippen LogP contribution in [-0.2, 0) is 19.2 Å². The van der Waals surface area contributed by atoms with Gasteiger partial charge in [0.1, 0.15) is 0 Å². The van der Waals surface area contributed by atoms with Crippen LogP contribution >= 0.6 is 23.2 Å². The number of nitrogens with zero attached hydrogens (tertiary/aromatic N) is 2. The minimum Gasteiger partial charge on any atom is -0.274 e. The maximum Gasteiger partial charge on any atom is 0.241 e. The smallest absolute Gasteiger partial charge is 0.241 e. The summed E-state index contributed by atoms with van der Waals surface area (Å²) in [5.41, 5.74) is 1.72. The standard InChI is InChI=1S/C25H20Cl2N2O4/c1-13-10-14(19-12-21(30)28(23(19)31)17-6-2-15(26)3-7-17)11-20-22(13)25(33)29(24(20)32)18-8-4-16(27)5-9-18/h2-10,14,19-20,22H,11-12H2,1H3/t14-,19+,20-,22-/m1/s1. The van der Waals surface area contributed by atoms with E-state index in [0.717, 1.165) is 5.57 Å². The van der Waals surface area contributed by atoms with Crippen molar-refractivity contribution in [2.45, 2.75) is 19.8 Å². The van der Waals surface area contributed by atoms with E-state index in [0.29, 0.717) is 27.8 Å². The first-order valence-electron chi connectivity index (χ1n) is 10.7. The van der Waals surface area contributed by atoms with Gasteiger partial charge in [0.2, 0.25) is 23.6 Å². The zero-order valence-corrected chi connectivity index (χ0v) is 19.2. The van der Waals surface area contributed by atoms with Gasteiger partial charge in [-0.05, 0) is 67.8 Å². The van der Waals surface area contributed by atoms with Crippen LogP contribution in [0.15, 0.2) is 60.2 Å². The van der Waals surface area contributed by atoms with E-state index in [1.54, 1.807) is 48.5 Å². The third-order valence-corrected chi connectivity index (χ3v) is 7.29. The number of imide groups is 2. The Morgan fingerprint density at radius 3 is 1.82 bits per heavy atom. The molecule has 2 aromatic carbocycles. The predicted octanol–water partition coefficient (Wildman–Crippen LogP) is 4.64. The molecule has 0 N–H and O–H groups in total. The molecule has 0 unspecified atom stereocenters. The number of fused-ring (bicyclic) bond motifs is 1. The average molecular weight is 483 g/mol. The molecule has 3 aliphatic rings. The van der Waals surface area contributed by atoms with Crippen LogP contribution in [0.3, 0.4) is 0 Å². The Labute approximate surface area is 200 Å². The molecular weight excluding hydrogens is 463 g/mol. The number of amides is 4. The number of hydrogen-bond donors (Lipinski definition) is 0. The summed E-state index contributed by atoms with van der Waals surface area (Å²) in [7, 11) is 0. The van der Waals surface area contributed by atoms with Crippen molar-refractivity contribution in [3.63, 3.8) is 0 Å². The van der Waals surface area contributed by atoms with Gasteiger partial charge in [-0.3, -0.25) is 24.1 Å². The highest BCUT2D eigenvalue weighted by molar-refractivity contribution is 6.31. The number of rotatable bonds is 3. The number of allylic oxidation sites excluding steroid dienone is 1. The topological polar surface area (TPSA) is 74.8 Å². The van der Waals surface area contributed by atoms with Crippen molar-refractivity contribution in [3.05, 3.63) is 70.2 Å². The fourth-order valence-electron chi connectivity index (χ4n) is 5.26. The normalized spacial score (nSPS) is 27.3. The summed E-state index contributed by atoms with van der Waals surface area (Å²) in [6.07, 6.45) is 2.31. The van der Waals surface area contributed by atoms with Crippen LogP contribution in [0.2, 0.25) is 10.0 Å². The van der Waals surface area contributed by atoms with Gasteiger partial charge in [-0.1, -0.05) is 34.9 Å². The maximum absolute atomic E-state index is 13.3. The predicted molar refractivity (Wildman–Crippen MR) is 125 cm³/mol. The van der Waals surface area contributed by atoms with Gasteiger partial charge in [0, 0.05) is 16.5 Å². The van der Waals surface area contributed by atoms with Gasteiger partial charge in [0.15, 0.2) is 0 Å². The van der Waals surface area contributed by atoms with Gasteiger partial charge in [0.25, 0.3) is 0 Å². The molecule has 2 aromatic rings. The van der Waals surface area contributed by atoms with Gasteiger partial charge in [0.05, 0.1) is 29.1 Å². The molecule has 2 heterocycles. The Kier molecular flexibility index (Phi) is 5.38. The molecule has 0 spiro atoms. The summed E-state index contributed by atoms with van der Waals surface area (Å²) < 4.78 is 0. The van der Waals surface area contributed by atoms with Crippen LogP contribution in [0, 0.1) is 23.7 Å². The maximum atomic E-state index is 13.3. The zero-order chi connectivity index (χ0) is 23.4. The molecule has 33 heavy (non-hydrogen) atoms. The Morgan fingerprint density at radius 1 is 0.727 bits per heavy atom. The highest BCUT2D eigenvalue weighted by Crippen LogP contribution is 2.46. The van der Waals surface area contributed by atoms with Gasteiger partial charge in [-0.2, -0.15) is 0 Å². The van der Waals surface area contributed by atoms with E-state index >= 15 is 0 Å². The summed E-state index contributed by atoms with van der Waals surface area (Å²) in [4.78, 5) is 54.8. The number of anilines is 2. The lowest BCUT2D eigenvalue weighted by Gasteiger charge is -2.29. The van der Waals surface area contributed by atoms with E-state index in [2.05, 4.69) is 0 Å². The van der Waals surface area contributed by atoms with Crippen molar-refractivity contribution in [1.29, 1.82) is 0 Å². The van der Waals surface area contributed by atoms with Gasteiger partial charge < -0.3 is 0 Å². The summed E-state index contributed by atoms with van der Waals surface area (Å²) in [6, 6.07) is 13.1. The molecule has 4 atom stereocenters. The second-order valence-electron chi connectivity index (χ2n) is 8.74. The van der Waals surface area contributed by atoms with E-state index in [4.69, 9.17) is 23.2 Å². The van der Waals surface area contributed by atoms with Crippen molar-refractivity contribution < 1.29 is 19.2 Å². The number of carbonyl (C=O) groups is 4. The first-order valence-corrected chi connectivity index (χ1v) is 11.5. The quantitative estimate of drug-likeness (QED) is 0.471. The first kappa shape index (κ1) is 21.9. The van der Waals surface area contributed by atoms with Crippen LogP contribution in [0.4, 0.5) is 11.4 Å². The highest BCUT2D eigenvalue weighted by Gasteiger charge is 2.53. The molecule has 2 aliphatic heterocycles. The zero-order valence-electron chi connectivity index (χ0n) is 17.7. The van der Waals surface area contributed by atoms with Gasteiger partial charge in [-0.25, -0.2) is 4.90 Å². The Morgan fingerprint density at radius 2 is 1.24 bits per heavy atom. The van der Waals surface area contributed by atoms with Gasteiger partial charge >= 0.3 is 0 Å². The molecule has 0 aromatic heterocycles. The average Bonchev–Trinajstić information content (AvgIpc) is 3.22. The second kappa shape index (κ2) is 8.12. The lowest BCUT2D eigenvalue weighted by atomic mass is 9.71. The summed E-state index contributed by atoms with van der Waals surface area (Å²) >= 11 is 11.9. The van der Waals surface area contributed by atoms with Crippen LogP contribution in [0.1, 0.15) is 19.8 Å². The third-order valence-electron chi connectivity index (χ3n) is 6.79. The number of benzene rings is 2. The van der Waals surface area contributed by atoms with E-state index in [-0.39, 0.29) is 36.0 Å². The first-order chi connectivity index (χ1) is 15.8. The molecule has 2 saturated heterocycles. The monoisotopic (exact) mass is 482 g/mol. The molecule has 5 rings (SSSR count). The van der Waals surface area contributed by atoms with Crippen LogP contribution in [0.5, 0.6) is 0 Å². The summed E-state index contributed by atoms with van der Waals surface area (Å²) in [5.74, 6) is -3.11. The third kappa shape index (κ3) is 3.58. The lowest BCUT2D eigenvalue weighted by molar-refractivity contribution is -0.125. The molecule has 0 saturated carbocycles. The van der Waals surface area contributed by atoms with Crippen LogP contribution < -0.4 is 9.80 Å². The van der Waals surface area contributed by atoms with Crippen molar-refractivity contribution >= 4 is 58.2 Å². The fraction of sp³-hybridized carbons (Fsp3) is 0.280. The molecule has 168 valence electrons. The minimum absolute atomic E-state index is 0.0658. The van der Waals surface area contributed by atoms with E-state index in [1.807, 2.05) is 13.0 Å². The number of halogens is 2. The molecule has 0 bridgehead atoms. The molecule has 1 aliphatic carbocycles. The number of hydrogen-bond acceptors (Lipinski definition) is 4. The lowest BCUT2D eigenvalue weighted by Crippen LogP contribution is -2.35. The highest BCUT2D eigenvalue weighted by atomic mass is 35.5. The fourth-order valence-corrected chi connectivity index (χ4v) is 5.51. The van der Waals surface area contributed by atoms with Crippen molar-refractivity contribution in [2.24, 2.45) is 23.7 Å². The second-order valence-corrected chi connectivity index (χ2v) is 9.61. The molecule has 6 nitrogen and oxygen atoms in total. The summed E-state index contributed by atoms with van der Waals surface area (Å²) in [5, 5.41) is 1.03. The minimum atomic E-state index is -0.573.